The lowest BCUT2D eigenvalue weighted by Crippen LogP contribution is -2.52. The molecule has 154 valence electrons. The molecule has 3 rings (SSSR count). The average Bonchev–Trinajstić information content (AvgIpc) is 2.74. The lowest BCUT2D eigenvalue weighted by atomic mass is 9.97. The van der Waals surface area contributed by atoms with Crippen molar-refractivity contribution in [1.29, 1.82) is 0 Å². The molecule has 0 aliphatic carbocycles. The van der Waals surface area contributed by atoms with Gasteiger partial charge in [-0.2, -0.15) is 0 Å². The number of para-hydroxylation sites is 1. The van der Waals surface area contributed by atoms with E-state index in [9.17, 15) is 14.7 Å². The summed E-state index contributed by atoms with van der Waals surface area (Å²) in [4.78, 5) is 28.5. The fraction of sp³-hybridized carbons (Fsp3) is 0.381. The molecule has 1 fully saturated rings. The van der Waals surface area contributed by atoms with Crippen molar-refractivity contribution >= 4 is 17.6 Å². The predicted molar refractivity (Wildman–Crippen MR) is 108 cm³/mol. The summed E-state index contributed by atoms with van der Waals surface area (Å²) in [5, 5.41) is 18.1. The number of aliphatic hydroxyl groups is 1. The first-order valence-corrected chi connectivity index (χ1v) is 9.69. The second-order valence-corrected chi connectivity index (χ2v) is 6.93. The van der Waals surface area contributed by atoms with E-state index in [2.05, 4.69) is 20.9 Å². The number of benzene rings is 1. The van der Waals surface area contributed by atoms with Crippen LogP contribution in [0.25, 0.3) is 0 Å². The highest BCUT2D eigenvalue weighted by Crippen LogP contribution is 2.22. The van der Waals surface area contributed by atoms with Crippen molar-refractivity contribution in [3.05, 3.63) is 60.4 Å². The van der Waals surface area contributed by atoms with Gasteiger partial charge in [0.1, 0.15) is 6.10 Å². The van der Waals surface area contributed by atoms with Gasteiger partial charge < -0.3 is 25.8 Å². The number of aliphatic hydroxyl groups excluding tert-OH is 1. The van der Waals surface area contributed by atoms with Crippen molar-refractivity contribution < 1.29 is 19.4 Å². The zero-order chi connectivity index (χ0) is 20.5. The van der Waals surface area contributed by atoms with Gasteiger partial charge in [0.25, 0.3) is 0 Å². The van der Waals surface area contributed by atoms with Gasteiger partial charge in [-0.25, -0.2) is 4.79 Å². The molecule has 29 heavy (non-hydrogen) atoms. The van der Waals surface area contributed by atoms with Gasteiger partial charge in [-0.3, -0.25) is 9.78 Å². The molecule has 0 saturated carbocycles. The van der Waals surface area contributed by atoms with Crippen molar-refractivity contribution in [2.75, 3.05) is 11.9 Å². The Labute approximate surface area is 169 Å². The number of urea groups is 1. The van der Waals surface area contributed by atoms with Crippen LogP contribution in [0.5, 0.6) is 0 Å². The highest BCUT2D eigenvalue weighted by molar-refractivity contribution is 5.89. The molecule has 3 amide bonds. The molecule has 8 nitrogen and oxygen atoms in total. The van der Waals surface area contributed by atoms with E-state index in [1.165, 1.54) is 0 Å². The van der Waals surface area contributed by atoms with Crippen molar-refractivity contribution in [3.63, 3.8) is 0 Å². The molecular weight excluding hydrogens is 372 g/mol. The minimum atomic E-state index is -0.557. The molecule has 2 heterocycles. The van der Waals surface area contributed by atoms with Crippen LogP contribution in [0, 0.1) is 0 Å². The van der Waals surface area contributed by atoms with Crippen LogP contribution in [0.4, 0.5) is 10.5 Å². The van der Waals surface area contributed by atoms with E-state index in [0.717, 1.165) is 5.69 Å². The molecule has 1 aliphatic heterocycles. The van der Waals surface area contributed by atoms with Gasteiger partial charge in [0, 0.05) is 11.9 Å². The first kappa shape index (κ1) is 20.8. The van der Waals surface area contributed by atoms with Gasteiger partial charge in [0.2, 0.25) is 5.91 Å². The van der Waals surface area contributed by atoms with E-state index in [1.807, 2.05) is 36.4 Å². The molecule has 1 aromatic heterocycles. The highest BCUT2D eigenvalue weighted by Gasteiger charge is 2.32. The number of pyridine rings is 1. The van der Waals surface area contributed by atoms with E-state index in [-0.39, 0.29) is 37.1 Å². The van der Waals surface area contributed by atoms with Gasteiger partial charge >= 0.3 is 6.03 Å². The third-order valence-electron chi connectivity index (χ3n) is 4.75. The molecule has 0 spiro atoms. The number of nitrogens with one attached hydrogen (secondary N) is 3. The van der Waals surface area contributed by atoms with E-state index in [4.69, 9.17) is 4.74 Å². The van der Waals surface area contributed by atoms with Crippen LogP contribution in [-0.2, 0) is 16.1 Å². The molecule has 1 aliphatic rings. The Kier molecular flexibility index (Phi) is 7.54. The maximum absolute atomic E-state index is 12.2. The molecule has 4 N–H and O–H groups in total. The van der Waals surface area contributed by atoms with Crippen molar-refractivity contribution in [1.82, 2.24) is 15.6 Å². The maximum Gasteiger partial charge on any atom is 0.319 e. The van der Waals surface area contributed by atoms with Crippen molar-refractivity contribution in [3.8, 4) is 0 Å². The number of nitrogens with zero attached hydrogens (tertiary/aromatic N) is 1. The van der Waals surface area contributed by atoms with Gasteiger partial charge in [-0.05, 0) is 37.1 Å². The Bertz CT molecular complexity index is 788. The largest absolute Gasteiger partial charge is 0.394 e. The lowest BCUT2D eigenvalue weighted by Gasteiger charge is -2.35. The van der Waals surface area contributed by atoms with Crippen LogP contribution < -0.4 is 16.0 Å². The molecule has 1 saturated heterocycles. The summed E-state index contributed by atoms with van der Waals surface area (Å²) in [7, 11) is 0. The average molecular weight is 398 g/mol. The monoisotopic (exact) mass is 398 g/mol. The number of amides is 3. The van der Waals surface area contributed by atoms with Crippen molar-refractivity contribution in [2.24, 2.45) is 0 Å². The van der Waals surface area contributed by atoms with Gasteiger partial charge in [0.05, 0.1) is 37.4 Å². The van der Waals surface area contributed by atoms with Crippen LogP contribution in [0.1, 0.15) is 25.0 Å². The Morgan fingerprint density at radius 2 is 1.90 bits per heavy atom. The number of rotatable bonds is 7. The number of ether oxygens (including phenoxy) is 1. The van der Waals surface area contributed by atoms with Crippen LogP contribution in [0.2, 0.25) is 0 Å². The van der Waals surface area contributed by atoms with Crippen LogP contribution in [-0.4, -0.2) is 46.9 Å². The number of hydrogen-bond acceptors (Lipinski definition) is 5. The molecule has 0 radical (unpaired) electrons. The topological polar surface area (TPSA) is 113 Å². The molecule has 0 unspecified atom stereocenters. The highest BCUT2D eigenvalue weighted by atomic mass is 16.5. The van der Waals surface area contributed by atoms with Crippen molar-refractivity contribution in [2.45, 2.75) is 44.1 Å². The molecule has 2 aromatic rings. The van der Waals surface area contributed by atoms with Crippen LogP contribution in [0.3, 0.4) is 0 Å². The molecular formula is C21H26N4O4. The molecule has 3 atom stereocenters. The minimum Gasteiger partial charge on any atom is -0.394 e. The zero-order valence-corrected chi connectivity index (χ0v) is 16.1. The number of hydrogen-bond donors (Lipinski definition) is 4. The Morgan fingerprint density at radius 3 is 2.62 bits per heavy atom. The Balaban J connectivity index is 1.43. The second kappa shape index (κ2) is 10.5. The summed E-state index contributed by atoms with van der Waals surface area (Å²) in [5.74, 6) is -0.134. The standard InChI is InChI=1S/C21H26N4O4/c26-14-19-18(25-21(28)24-15-6-2-1-3-7-15)10-9-17(29-19)12-20(27)23-13-16-8-4-5-11-22-16/h1-8,11,17-19,26H,9-10,12-14H2,(H,23,27)(H2,24,25,28)/t17-,18+,19-/m0/s1. The Morgan fingerprint density at radius 1 is 1.10 bits per heavy atom. The summed E-state index contributed by atoms with van der Waals surface area (Å²) >= 11 is 0. The SMILES string of the molecule is O=C(C[C@@H]1CC[C@@H](NC(=O)Nc2ccccc2)[C@H](CO)O1)NCc1ccccn1. The molecule has 8 heteroatoms. The number of carbonyl (C=O) groups excluding carboxylic acids is 2. The smallest absolute Gasteiger partial charge is 0.319 e. The third-order valence-corrected chi connectivity index (χ3v) is 4.75. The molecule has 0 bridgehead atoms. The summed E-state index contributed by atoms with van der Waals surface area (Å²) in [6, 6.07) is 14.0. The lowest BCUT2D eigenvalue weighted by molar-refractivity contribution is -0.130. The van der Waals surface area contributed by atoms with Crippen LogP contribution in [0.15, 0.2) is 54.7 Å². The first-order chi connectivity index (χ1) is 14.1. The third kappa shape index (κ3) is 6.55. The van der Waals surface area contributed by atoms with Crippen LogP contribution >= 0.6 is 0 Å². The summed E-state index contributed by atoms with van der Waals surface area (Å²) in [6.07, 6.45) is 2.25. The fourth-order valence-corrected chi connectivity index (χ4v) is 3.27. The summed E-state index contributed by atoms with van der Waals surface area (Å²) in [5.41, 5.74) is 1.47. The zero-order valence-electron chi connectivity index (χ0n) is 16.1. The van der Waals surface area contributed by atoms with Gasteiger partial charge in [-0.1, -0.05) is 24.3 Å². The summed E-state index contributed by atoms with van der Waals surface area (Å²) in [6.45, 7) is 0.127. The van der Waals surface area contributed by atoms with E-state index >= 15 is 0 Å². The van der Waals surface area contributed by atoms with E-state index < -0.39 is 6.10 Å². The number of anilines is 1. The van der Waals surface area contributed by atoms with Gasteiger partial charge in [0.15, 0.2) is 0 Å². The number of aromatic nitrogens is 1. The second-order valence-electron chi connectivity index (χ2n) is 6.93. The summed E-state index contributed by atoms with van der Waals surface area (Å²) < 4.78 is 5.85. The predicted octanol–water partition coefficient (Wildman–Crippen LogP) is 1.82. The maximum atomic E-state index is 12.2. The normalized spacial score (nSPS) is 21.2. The quantitative estimate of drug-likeness (QED) is 0.568. The fourth-order valence-electron chi connectivity index (χ4n) is 3.27. The minimum absolute atomic E-state index is 0.134. The number of carbonyl (C=O) groups is 2. The van der Waals surface area contributed by atoms with Gasteiger partial charge in [-0.15, -0.1) is 0 Å². The Hall–Kier alpha value is -2.97. The van der Waals surface area contributed by atoms with E-state index in [0.29, 0.717) is 25.1 Å². The van der Waals surface area contributed by atoms with E-state index in [1.54, 1.807) is 18.3 Å². The first-order valence-electron chi connectivity index (χ1n) is 9.69. The molecule has 1 aromatic carbocycles.